The van der Waals surface area contributed by atoms with Crippen LogP contribution in [0, 0.1) is 5.92 Å². The summed E-state index contributed by atoms with van der Waals surface area (Å²) in [4.78, 5) is 14.4. The summed E-state index contributed by atoms with van der Waals surface area (Å²) in [6, 6.07) is 0. The number of hydrogen-bond acceptors (Lipinski definition) is 2. The van der Waals surface area contributed by atoms with E-state index < -0.39 is 5.60 Å². The predicted octanol–water partition coefficient (Wildman–Crippen LogP) is 3.11. The normalized spacial score (nSPS) is 27.3. The number of carbonyl (C=O) groups is 1. The highest BCUT2D eigenvalue weighted by Gasteiger charge is 2.34. The van der Waals surface area contributed by atoms with Gasteiger partial charge in [0.25, 0.3) is 0 Å². The third-order valence-electron chi connectivity index (χ3n) is 4.83. The molecule has 19 heavy (non-hydrogen) atoms. The molecule has 2 fully saturated rings. The molecule has 0 spiro atoms. The molecule has 0 aromatic rings. The first-order valence-corrected chi connectivity index (χ1v) is 8.13. The van der Waals surface area contributed by atoms with Gasteiger partial charge in [-0.25, -0.2) is 0 Å². The van der Waals surface area contributed by atoms with Crippen LogP contribution in [0.3, 0.4) is 0 Å². The predicted molar refractivity (Wildman–Crippen MR) is 76.9 cm³/mol. The Kier molecular flexibility index (Phi) is 5.26. The lowest BCUT2D eigenvalue weighted by Crippen LogP contribution is -2.44. The lowest BCUT2D eigenvalue weighted by molar-refractivity contribution is -0.139. The molecular weight excluding hydrogens is 238 g/mol. The Balaban J connectivity index is 1.84. The van der Waals surface area contributed by atoms with Crippen LogP contribution in [0.4, 0.5) is 0 Å². The molecule has 110 valence electrons. The fourth-order valence-electron chi connectivity index (χ4n) is 3.72. The zero-order chi connectivity index (χ0) is 13.7. The molecular formula is C16H29NO2. The average molecular weight is 267 g/mol. The van der Waals surface area contributed by atoms with Gasteiger partial charge in [-0.2, -0.15) is 0 Å². The van der Waals surface area contributed by atoms with E-state index in [2.05, 4.69) is 6.92 Å². The summed E-state index contributed by atoms with van der Waals surface area (Å²) >= 11 is 0. The van der Waals surface area contributed by atoms with Gasteiger partial charge in [-0.05, 0) is 38.0 Å². The van der Waals surface area contributed by atoms with Gasteiger partial charge in [-0.1, -0.05) is 32.6 Å². The topological polar surface area (TPSA) is 40.5 Å². The van der Waals surface area contributed by atoms with Crippen molar-refractivity contribution in [3.63, 3.8) is 0 Å². The Hall–Kier alpha value is -0.570. The minimum absolute atomic E-state index is 0.185. The summed E-state index contributed by atoms with van der Waals surface area (Å²) in [6.07, 6.45) is 10.2. The van der Waals surface area contributed by atoms with Crippen molar-refractivity contribution in [3.8, 4) is 0 Å². The summed E-state index contributed by atoms with van der Waals surface area (Å²) in [5.41, 5.74) is -0.701. The van der Waals surface area contributed by atoms with E-state index in [9.17, 15) is 9.90 Å². The molecule has 1 aliphatic heterocycles. The first-order chi connectivity index (χ1) is 9.13. The molecule has 0 radical (unpaired) electrons. The van der Waals surface area contributed by atoms with Crippen molar-refractivity contribution < 1.29 is 9.90 Å². The van der Waals surface area contributed by atoms with E-state index in [1.54, 1.807) is 0 Å². The molecule has 0 bridgehead atoms. The van der Waals surface area contributed by atoms with Crippen LogP contribution in [0.2, 0.25) is 0 Å². The fraction of sp³-hybridized carbons (Fsp3) is 0.938. The molecule has 1 atom stereocenters. The maximum absolute atomic E-state index is 12.4. The van der Waals surface area contributed by atoms with Gasteiger partial charge in [0.15, 0.2) is 0 Å². The molecule has 1 amide bonds. The molecule has 1 saturated carbocycles. The maximum Gasteiger partial charge on any atom is 0.225 e. The lowest BCUT2D eigenvalue weighted by Gasteiger charge is -2.37. The van der Waals surface area contributed by atoms with Gasteiger partial charge in [0.05, 0.1) is 12.0 Å². The smallest absolute Gasteiger partial charge is 0.225 e. The lowest BCUT2D eigenvalue weighted by atomic mass is 9.82. The summed E-state index contributed by atoms with van der Waals surface area (Å²) in [6.45, 7) is 4.03. The quantitative estimate of drug-likeness (QED) is 0.850. The van der Waals surface area contributed by atoms with Crippen molar-refractivity contribution in [2.24, 2.45) is 5.92 Å². The van der Waals surface area contributed by atoms with Crippen LogP contribution < -0.4 is 0 Å². The van der Waals surface area contributed by atoms with Gasteiger partial charge in [-0.3, -0.25) is 4.79 Å². The first-order valence-electron chi connectivity index (χ1n) is 8.13. The van der Waals surface area contributed by atoms with Crippen LogP contribution >= 0.6 is 0 Å². The van der Waals surface area contributed by atoms with Gasteiger partial charge >= 0.3 is 0 Å². The second-order valence-electron chi connectivity index (χ2n) is 6.60. The van der Waals surface area contributed by atoms with Crippen LogP contribution in [0.15, 0.2) is 0 Å². The molecule has 0 aromatic carbocycles. The third kappa shape index (κ3) is 4.20. The molecule has 3 heteroatoms. The number of nitrogens with zero attached hydrogens (tertiary/aromatic N) is 1. The Labute approximate surface area is 117 Å². The number of carbonyl (C=O) groups excluding carboxylic acids is 1. The Morgan fingerprint density at radius 3 is 2.68 bits per heavy atom. The van der Waals surface area contributed by atoms with Crippen LogP contribution in [0.1, 0.15) is 71.1 Å². The van der Waals surface area contributed by atoms with E-state index in [4.69, 9.17) is 0 Å². The number of hydrogen-bond donors (Lipinski definition) is 1. The minimum Gasteiger partial charge on any atom is -0.389 e. The van der Waals surface area contributed by atoms with Crippen LogP contribution in [-0.2, 0) is 4.79 Å². The van der Waals surface area contributed by atoms with Gasteiger partial charge in [0.2, 0.25) is 5.91 Å². The Bertz CT molecular complexity index is 295. The Morgan fingerprint density at radius 1 is 1.26 bits per heavy atom. The highest BCUT2D eigenvalue weighted by molar-refractivity contribution is 5.77. The van der Waals surface area contributed by atoms with E-state index in [1.807, 2.05) is 4.90 Å². The van der Waals surface area contributed by atoms with Crippen molar-refractivity contribution in [1.29, 1.82) is 0 Å². The zero-order valence-electron chi connectivity index (χ0n) is 12.4. The number of aliphatic hydroxyl groups is 1. The molecule has 1 aliphatic carbocycles. The van der Waals surface area contributed by atoms with Crippen molar-refractivity contribution in [2.45, 2.75) is 76.7 Å². The Morgan fingerprint density at radius 2 is 2.00 bits per heavy atom. The first kappa shape index (κ1) is 14.8. The number of amides is 1. The van der Waals surface area contributed by atoms with E-state index in [0.29, 0.717) is 12.3 Å². The molecule has 1 unspecified atom stereocenters. The second kappa shape index (κ2) is 6.74. The SMILES string of the molecule is CCCC1CCCN(C(=O)CC2(O)CCCCC2)C1. The standard InChI is InChI=1S/C16H29NO2/c1-2-7-14-8-6-11-17(13-14)15(18)12-16(19)9-4-3-5-10-16/h14,19H,2-13H2,1H3. The molecule has 2 rings (SSSR count). The maximum atomic E-state index is 12.4. The molecule has 1 N–H and O–H groups in total. The van der Waals surface area contributed by atoms with Crippen LogP contribution in [-0.4, -0.2) is 34.6 Å². The van der Waals surface area contributed by atoms with Gasteiger partial charge < -0.3 is 10.0 Å². The van der Waals surface area contributed by atoms with Gasteiger partial charge in [-0.15, -0.1) is 0 Å². The summed E-state index contributed by atoms with van der Waals surface area (Å²) in [7, 11) is 0. The summed E-state index contributed by atoms with van der Waals surface area (Å²) < 4.78 is 0. The molecule has 3 nitrogen and oxygen atoms in total. The molecule has 1 heterocycles. The van der Waals surface area contributed by atoms with Crippen LogP contribution in [0.5, 0.6) is 0 Å². The number of likely N-dealkylation sites (tertiary alicyclic amines) is 1. The van der Waals surface area contributed by atoms with Gasteiger partial charge in [0.1, 0.15) is 0 Å². The zero-order valence-corrected chi connectivity index (χ0v) is 12.4. The van der Waals surface area contributed by atoms with Crippen molar-refractivity contribution in [2.75, 3.05) is 13.1 Å². The number of rotatable bonds is 4. The largest absolute Gasteiger partial charge is 0.389 e. The van der Waals surface area contributed by atoms with E-state index >= 15 is 0 Å². The molecule has 2 aliphatic rings. The van der Waals surface area contributed by atoms with E-state index in [1.165, 1.54) is 25.7 Å². The fourth-order valence-corrected chi connectivity index (χ4v) is 3.72. The highest BCUT2D eigenvalue weighted by Crippen LogP contribution is 2.32. The van der Waals surface area contributed by atoms with E-state index in [0.717, 1.165) is 45.2 Å². The minimum atomic E-state index is -0.701. The van der Waals surface area contributed by atoms with Crippen molar-refractivity contribution in [1.82, 2.24) is 4.90 Å². The third-order valence-corrected chi connectivity index (χ3v) is 4.83. The summed E-state index contributed by atoms with van der Waals surface area (Å²) in [5, 5.41) is 10.5. The molecule has 0 aromatic heterocycles. The van der Waals surface area contributed by atoms with Crippen molar-refractivity contribution >= 4 is 5.91 Å². The molecule has 1 saturated heterocycles. The second-order valence-corrected chi connectivity index (χ2v) is 6.60. The van der Waals surface area contributed by atoms with Crippen molar-refractivity contribution in [3.05, 3.63) is 0 Å². The van der Waals surface area contributed by atoms with Crippen LogP contribution in [0.25, 0.3) is 0 Å². The summed E-state index contributed by atoms with van der Waals surface area (Å²) in [5.74, 6) is 0.869. The van der Waals surface area contributed by atoms with Gasteiger partial charge in [0, 0.05) is 13.1 Å². The average Bonchev–Trinajstić information content (AvgIpc) is 2.40. The number of piperidine rings is 1. The van der Waals surface area contributed by atoms with E-state index in [-0.39, 0.29) is 5.91 Å². The highest BCUT2D eigenvalue weighted by atomic mass is 16.3. The monoisotopic (exact) mass is 267 g/mol.